The van der Waals surface area contributed by atoms with Crippen LogP contribution in [0.2, 0.25) is 0 Å². The van der Waals surface area contributed by atoms with Crippen molar-refractivity contribution in [1.29, 1.82) is 0 Å². The molecule has 2 aromatic rings. The number of benzene rings is 1. The molecule has 0 fully saturated rings. The van der Waals surface area contributed by atoms with Gasteiger partial charge in [-0.2, -0.15) is 0 Å². The number of aromatic hydroxyl groups is 1. The van der Waals surface area contributed by atoms with E-state index in [1.165, 1.54) is 0 Å². The van der Waals surface area contributed by atoms with Crippen LogP contribution >= 0.6 is 0 Å². The molecule has 2 rings (SSSR count). The number of hydrogen-bond acceptors (Lipinski definition) is 3. The summed E-state index contributed by atoms with van der Waals surface area (Å²) in [5.41, 5.74) is -1.57. The summed E-state index contributed by atoms with van der Waals surface area (Å²) in [6.07, 6.45) is 0. The van der Waals surface area contributed by atoms with Crippen molar-refractivity contribution in [2.75, 3.05) is 0 Å². The van der Waals surface area contributed by atoms with Gasteiger partial charge >= 0.3 is 5.63 Å². The average molecular weight is 167 g/mol. The van der Waals surface area contributed by atoms with E-state index >= 15 is 0 Å². The summed E-state index contributed by atoms with van der Waals surface area (Å²) in [5.74, 6) is -0.789. The van der Waals surface area contributed by atoms with Gasteiger partial charge in [-0.15, -0.1) is 0 Å². The van der Waals surface area contributed by atoms with E-state index in [0.717, 1.165) is 0 Å². The minimum absolute atomic E-state index is 0.289. The fraction of sp³-hybridized carbons (Fsp3) is 0. The average Bonchev–Trinajstić information content (AvgIpc) is 2.30. The summed E-state index contributed by atoms with van der Waals surface area (Å²) in [7, 11) is 0. The van der Waals surface area contributed by atoms with Gasteiger partial charge in [0.15, 0.2) is 0 Å². The Hall–Kier alpha value is -1.77. The lowest BCUT2D eigenvalue weighted by Gasteiger charge is -1.94. The van der Waals surface area contributed by atoms with Crippen molar-refractivity contribution in [3.05, 3.63) is 40.6 Å². The Labute approximate surface area is 74.9 Å². The predicted molar refractivity (Wildman–Crippen MR) is 44.1 cm³/mol. The highest BCUT2D eigenvalue weighted by Crippen LogP contribution is 2.17. The quantitative estimate of drug-likeness (QED) is 0.605. The van der Waals surface area contributed by atoms with Crippen LogP contribution in [-0.2, 0) is 0 Å². The van der Waals surface area contributed by atoms with Crippen LogP contribution in [0.15, 0.2) is 39.4 Å². The molecule has 1 aromatic carbocycles. The summed E-state index contributed by atoms with van der Waals surface area (Å²) >= 11 is 0. The smallest absolute Gasteiger partial charge is 0.336 e. The van der Waals surface area contributed by atoms with Crippen LogP contribution in [0.25, 0.3) is 11.0 Å². The van der Waals surface area contributed by atoms with Gasteiger partial charge in [-0.3, -0.25) is 0 Å². The van der Waals surface area contributed by atoms with Gasteiger partial charge in [0, 0.05) is 17.5 Å². The molecular formula is C9H6O3. The van der Waals surface area contributed by atoms with Crippen molar-refractivity contribution in [2.24, 2.45) is 0 Å². The molecule has 0 aliphatic heterocycles. The molecule has 0 aliphatic carbocycles. The molecule has 3 nitrogen and oxygen atoms in total. The second kappa shape index (κ2) is 2.37. The van der Waals surface area contributed by atoms with Gasteiger partial charge in [0.1, 0.15) is 11.3 Å². The van der Waals surface area contributed by atoms with Crippen molar-refractivity contribution in [3.8, 4) is 5.75 Å². The van der Waals surface area contributed by atoms with Crippen LogP contribution in [0.1, 0.15) is 6.85 Å². The zero-order chi connectivity index (χ0) is 12.9. The van der Waals surface area contributed by atoms with E-state index in [0.29, 0.717) is 0 Å². The Kier molecular flexibility index (Phi) is 0.654. The van der Waals surface area contributed by atoms with Crippen LogP contribution in [0, 0.1) is 0 Å². The zero-order valence-electron chi connectivity index (χ0n) is 10.8. The summed E-state index contributed by atoms with van der Waals surface area (Å²) in [6, 6.07) is -3.13. The molecule has 0 atom stereocenters. The highest BCUT2D eigenvalue weighted by atomic mass is 16.4. The number of phenolic OH excluding ortho intramolecular Hbond substituents is 1. The first-order chi connectivity index (χ1) is 7.86. The molecule has 0 spiro atoms. The Morgan fingerprint density at radius 1 is 1.33 bits per heavy atom. The molecule has 0 saturated heterocycles. The maximum Gasteiger partial charge on any atom is 0.336 e. The fourth-order valence-corrected chi connectivity index (χ4v) is 0.776. The van der Waals surface area contributed by atoms with Crippen molar-refractivity contribution in [1.82, 2.24) is 0 Å². The normalized spacial score (nSPS) is 16.2. The maximum atomic E-state index is 11.2. The van der Waals surface area contributed by atoms with E-state index in [1.807, 2.05) is 0 Å². The fourth-order valence-electron chi connectivity index (χ4n) is 0.776. The molecule has 0 amide bonds. The molecule has 1 heterocycles. The molecule has 1 aromatic heterocycles. The Morgan fingerprint density at radius 2 is 2.08 bits per heavy atom. The van der Waals surface area contributed by atoms with Gasteiger partial charge in [-0.1, -0.05) is 0 Å². The van der Waals surface area contributed by atoms with E-state index in [2.05, 4.69) is 4.42 Å². The van der Waals surface area contributed by atoms with Crippen LogP contribution in [0.5, 0.6) is 5.75 Å². The second-order valence-corrected chi connectivity index (χ2v) is 2.07. The number of phenols is 1. The summed E-state index contributed by atoms with van der Waals surface area (Å²) in [4.78, 5) is 11.2. The largest absolute Gasteiger partial charge is 0.508 e. The maximum absolute atomic E-state index is 11.2. The molecule has 0 saturated carbocycles. The lowest BCUT2D eigenvalue weighted by Crippen LogP contribution is -1.93. The topological polar surface area (TPSA) is 50.4 Å². The first kappa shape index (κ1) is 3.31. The van der Waals surface area contributed by atoms with Crippen molar-refractivity contribution in [3.63, 3.8) is 0 Å². The van der Waals surface area contributed by atoms with Crippen molar-refractivity contribution >= 4 is 11.0 Å². The Morgan fingerprint density at radius 3 is 2.92 bits per heavy atom. The molecule has 0 bridgehead atoms. The van der Waals surface area contributed by atoms with Gasteiger partial charge in [0.2, 0.25) is 0 Å². The third kappa shape index (κ3) is 1.05. The van der Waals surface area contributed by atoms with E-state index in [-0.39, 0.29) is 5.39 Å². The SMILES string of the molecule is [2H]c1c(O)c([2H])c2oc(=O)c([2H])c([2H])c2c1[2H]. The van der Waals surface area contributed by atoms with Gasteiger partial charge in [0.05, 0.1) is 6.85 Å². The molecular weight excluding hydrogens is 156 g/mol. The number of rotatable bonds is 0. The van der Waals surface area contributed by atoms with Crippen LogP contribution in [-0.4, -0.2) is 5.11 Å². The molecule has 12 heavy (non-hydrogen) atoms. The number of fused-ring (bicyclic) bond motifs is 1. The van der Waals surface area contributed by atoms with Crippen LogP contribution in [0.4, 0.5) is 0 Å². The Balaban J connectivity index is 3.18. The van der Waals surface area contributed by atoms with Gasteiger partial charge in [0.25, 0.3) is 0 Å². The summed E-state index contributed by atoms with van der Waals surface area (Å²) in [5, 5.41) is 9.08. The Bertz CT molecular complexity index is 692. The van der Waals surface area contributed by atoms with Crippen LogP contribution < -0.4 is 5.63 Å². The first-order valence-electron chi connectivity index (χ1n) is 5.59. The molecule has 3 heteroatoms. The van der Waals surface area contributed by atoms with Gasteiger partial charge in [-0.05, 0) is 18.1 Å². The molecule has 0 aliphatic rings. The van der Waals surface area contributed by atoms with E-state index in [9.17, 15) is 9.90 Å². The predicted octanol–water partition coefficient (Wildman–Crippen LogP) is 1.50. The minimum atomic E-state index is -1.12. The summed E-state index contributed by atoms with van der Waals surface area (Å²) in [6.45, 7) is 0. The highest BCUT2D eigenvalue weighted by molar-refractivity contribution is 5.77. The van der Waals surface area contributed by atoms with E-state index in [1.54, 1.807) is 0 Å². The second-order valence-electron chi connectivity index (χ2n) is 2.07. The van der Waals surface area contributed by atoms with Crippen molar-refractivity contribution in [2.45, 2.75) is 0 Å². The third-order valence-electron chi connectivity index (χ3n) is 1.25. The molecule has 1 N–H and O–H groups in total. The standard InChI is InChI=1S/C9H6O3/c10-7-3-1-6-2-4-9(11)12-8(6)5-7/h1-5,10H/i1D,2D,3D,4D,5D. The third-order valence-corrected chi connectivity index (χ3v) is 1.25. The van der Waals surface area contributed by atoms with E-state index in [4.69, 9.17) is 6.85 Å². The van der Waals surface area contributed by atoms with Crippen molar-refractivity contribution < 1.29 is 16.4 Å². The molecule has 0 radical (unpaired) electrons. The monoisotopic (exact) mass is 167 g/mol. The summed E-state index contributed by atoms with van der Waals surface area (Å²) < 4.78 is 41.7. The number of hydrogen-bond donors (Lipinski definition) is 1. The first-order valence-corrected chi connectivity index (χ1v) is 3.09. The molecule has 60 valence electrons. The highest BCUT2D eigenvalue weighted by Gasteiger charge is 1.96. The van der Waals surface area contributed by atoms with Gasteiger partial charge < -0.3 is 9.52 Å². The lowest BCUT2D eigenvalue weighted by atomic mass is 10.2. The zero-order valence-corrected chi connectivity index (χ0v) is 5.76. The van der Waals surface area contributed by atoms with E-state index < -0.39 is 47.2 Å². The van der Waals surface area contributed by atoms with Crippen LogP contribution in [0.3, 0.4) is 0 Å². The van der Waals surface area contributed by atoms with Gasteiger partial charge in [-0.25, -0.2) is 4.79 Å². The minimum Gasteiger partial charge on any atom is -0.508 e. The molecule has 0 unspecified atom stereocenters. The lowest BCUT2D eigenvalue weighted by molar-refractivity contribution is 0.473.